The molecular formula is C14H16ClFN2OS. The number of aromatic nitrogens is 1. The van der Waals surface area contributed by atoms with E-state index in [0.717, 1.165) is 16.3 Å². The zero-order valence-electron chi connectivity index (χ0n) is 11.1. The first kappa shape index (κ1) is 15.4. The summed E-state index contributed by atoms with van der Waals surface area (Å²) >= 11 is 7.17. The van der Waals surface area contributed by atoms with Gasteiger partial charge in [0, 0.05) is 29.6 Å². The van der Waals surface area contributed by atoms with Gasteiger partial charge in [0.15, 0.2) is 0 Å². The van der Waals surface area contributed by atoms with Crippen molar-refractivity contribution in [3.63, 3.8) is 0 Å². The molecule has 0 amide bonds. The van der Waals surface area contributed by atoms with Crippen LogP contribution in [0, 0.1) is 5.82 Å². The van der Waals surface area contributed by atoms with Crippen molar-refractivity contribution in [1.29, 1.82) is 0 Å². The van der Waals surface area contributed by atoms with Gasteiger partial charge in [0.2, 0.25) is 0 Å². The second-order valence-electron chi connectivity index (χ2n) is 4.55. The van der Waals surface area contributed by atoms with Gasteiger partial charge in [0.25, 0.3) is 0 Å². The number of nitrogens with zero attached hydrogens (tertiary/aromatic N) is 2. The van der Waals surface area contributed by atoms with Gasteiger partial charge in [0.05, 0.1) is 18.2 Å². The van der Waals surface area contributed by atoms with Crippen LogP contribution in [0.15, 0.2) is 23.6 Å². The molecule has 2 aromatic rings. The molecule has 1 heterocycles. The van der Waals surface area contributed by atoms with Gasteiger partial charge in [-0.15, -0.1) is 22.9 Å². The summed E-state index contributed by atoms with van der Waals surface area (Å²) in [6, 6.07) is 5.13. The average molecular weight is 315 g/mol. The number of alkyl halides is 1. The molecule has 0 spiro atoms. The van der Waals surface area contributed by atoms with Crippen LogP contribution in [0.5, 0.6) is 0 Å². The molecule has 0 aliphatic carbocycles. The minimum absolute atomic E-state index is 0.0660. The van der Waals surface area contributed by atoms with Gasteiger partial charge in [-0.3, -0.25) is 4.90 Å². The van der Waals surface area contributed by atoms with E-state index in [9.17, 15) is 4.39 Å². The number of aliphatic hydroxyl groups excluding tert-OH is 1. The number of rotatable bonds is 6. The summed E-state index contributed by atoms with van der Waals surface area (Å²) in [6.45, 7) is 1.06. The Labute approximate surface area is 126 Å². The summed E-state index contributed by atoms with van der Waals surface area (Å²) in [5.74, 6) is 0.109. The molecule has 0 aliphatic rings. The molecule has 0 atom stereocenters. The number of thiazole rings is 1. The van der Waals surface area contributed by atoms with E-state index in [2.05, 4.69) is 4.98 Å². The van der Waals surface area contributed by atoms with Gasteiger partial charge in [0.1, 0.15) is 10.8 Å². The van der Waals surface area contributed by atoms with Gasteiger partial charge in [-0.2, -0.15) is 0 Å². The topological polar surface area (TPSA) is 36.4 Å². The highest BCUT2D eigenvalue weighted by Gasteiger charge is 2.10. The number of benzene rings is 1. The van der Waals surface area contributed by atoms with Gasteiger partial charge in [-0.1, -0.05) is 12.1 Å². The van der Waals surface area contributed by atoms with Crippen LogP contribution >= 0.6 is 22.9 Å². The van der Waals surface area contributed by atoms with Gasteiger partial charge >= 0.3 is 0 Å². The highest BCUT2D eigenvalue weighted by molar-refractivity contribution is 7.13. The summed E-state index contributed by atoms with van der Waals surface area (Å²) in [6.07, 6.45) is 0. The second kappa shape index (κ2) is 7.13. The molecule has 20 heavy (non-hydrogen) atoms. The molecule has 0 radical (unpaired) electrons. The average Bonchev–Trinajstić information content (AvgIpc) is 2.90. The van der Waals surface area contributed by atoms with Crippen molar-refractivity contribution >= 4 is 22.9 Å². The van der Waals surface area contributed by atoms with Crippen molar-refractivity contribution < 1.29 is 9.50 Å². The van der Waals surface area contributed by atoms with Crippen LogP contribution in [0.3, 0.4) is 0 Å². The summed E-state index contributed by atoms with van der Waals surface area (Å²) in [4.78, 5) is 6.20. The molecule has 2 rings (SSSR count). The molecule has 0 aliphatic heterocycles. The molecule has 1 aromatic heterocycles. The first-order chi connectivity index (χ1) is 9.63. The maximum atomic E-state index is 14.1. The van der Waals surface area contributed by atoms with Gasteiger partial charge in [-0.05, 0) is 13.1 Å². The van der Waals surface area contributed by atoms with E-state index in [1.807, 2.05) is 23.4 Å². The van der Waals surface area contributed by atoms with Crippen molar-refractivity contribution in [3.8, 4) is 10.6 Å². The zero-order valence-corrected chi connectivity index (χ0v) is 12.7. The Morgan fingerprint density at radius 3 is 2.85 bits per heavy atom. The number of likely N-dealkylation sites (N-methyl/N-ethyl adjacent to an activating group) is 1. The molecule has 0 unspecified atom stereocenters. The van der Waals surface area contributed by atoms with Crippen LogP contribution in [-0.2, 0) is 12.4 Å². The lowest BCUT2D eigenvalue weighted by Gasteiger charge is -2.15. The quantitative estimate of drug-likeness (QED) is 0.832. The lowest BCUT2D eigenvalue weighted by molar-refractivity contribution is 0.216. The van der Waals surface area contributed by atoms with E-state index in [0.29, 0.717) is 24.5 Å². The molecule has 0 saturated carbocycles. The number of hydrogen-bond donors (Lipinski definition) is 1. The lowest BCUT2D eigenvalue weighted by Crippen LogP contribution is -2.22. The molecule has 0 fully saturated rings. The minimum atomic E-state index is -0.255. The number of halogens is 2. The van der Waals surface area contributed by atoms with Crippen LogP contribution in [0.25, 0.3) is 10.6 Å². The Bertz CT molecular complexity index is 576. The summed E-state index contributed by atoms with van der Waals surface area (Å²) < 4.78 is 14.1. The molecule has 3 nitrogen and oxygen atoms in total. The second-order valence-corrected chi connectivity index (χ2v) is 5.67. The van der Waals surface area contributed by atoms with E-state index < -0.39 is 0 Å². The van der Waals surface area contributed by atoms with Crippen molar-refractivity contribution in [2.24, 2.45) is 0 Å². The van der Waals surface area contributed by atoms with E-state index in [1.54, 1.807) is 6.07 Å². The van der Waals surface area contributed by atoms with Crippen LogP contribution in [-0.4, -0.2) is 35.2 Å². The summed E-state index contributed by atoms with van der Waals surface area (Å²) in [5.41, 5.74) is 2.18. The molecular weight excluding hydrogens is 299 g/mol. The largest absolute Gasteiger partial charge is 0.395 e. The van der Waals surface area contributed by atoms with Crippen molar-refractivity contribution in [2.75, 3.05) is 20.2 Å². The first-order valence-corrected chi connectivity index (χ1v) is 7.64. The Morgan fingerprint density at radius 2 is 2.25 bits per heavy atom. The molecule has 1 N–H and O–H groups in total. The molecule has 1 aromatic carbocycles. The van der Waals surface area contributed by atoms with Crippen molar-refractivity contribution in [1.82, 2.24) is 9.88 Å². The maximum absolute atomic E-state index is 14.1. The first-order valence-electron chi connectivity index (χ1n) is 6.22. The minimum Gasteiger partial charge on any atom is -0.395 e. The molecule has 0 saturated heterocycles. The fraction of sp³-hybridized carbons (Fsp3) is 0.357. The SMILES string of the molecule is CN(CCO)Cc1ccc(-c2nc(CCl)cs2)cc1F. The normalized spacial score (nSPS) is 11.2. The standard InChI is InChI=1S/C14H16ClFN2OS/c1-18(4-5-19)8-11-3-2-10(6-13(11)16)14-17-12(7-15)9-20-14/h2-3,6,9,19H,4-5,7-8H2,1H3. The third kappa shape index (κ3) is 3.76. The van der Waals surface area contributed by atoms with E-state index in [4.69, 9.17) is 16.7 Å². The van der Waals surface area contributed by atoms with Crippen LogP contribution in [0.4, 0.5) is 4.39 Å². The summed E-state index contributed by atoms with van der Waals surface area (Å²) in [5, 5.41) is 11.5. The third-order valence-corrected chi connectivity index (χ3v) is 4.12. The smallest absolute Gasteiger partial charge is 0.128 e. The predicted molar refractivity (Wildman–Crippen MR) is 80.5 cm³/mol. The van der Waals surface area contributed by atoms with E-state index in [-0.39, 0.29) is 12.4 Å². The number of aliphatic hydroxyl groups is 1. The van der Waals surface area contributed by atoms with Gasteiger partial charge < -0.3 is 5.11 Å². The monoisotopic (exact) mass is 314 g/mol. The Hall–Kier alpha value is -1.01. The Balaban J connectivity index is 2.16. The van der Waals surface area contributed by atoms with E-state index in [1.165, 1.54) is 17.4 Å². The fourth-order valence-electron chi connectivity index (χ4n) is 1.85. The molecule has 0 bridgehead atoms. The molecule has 6 heteroatoms. The lowest BCUT2D eigenvalue weighted by atomic mass is 10.1. The van der Waals surface area contributed by atoms with E-state index >= 15 is 0 Å². The van der Waals surface area contributed by atoms with Gasteiger partial charge in [-0.25, -0.2) is 9.37 Å². The van der Waals surface area contributed by atoms with Crippen molar-refractivity contribution in [3.05, 3.63) is 40.7 Å². The number of hydrogen-bond acceptors (Lipinski definition) is 4. The van der Waals surface area contributed by atoms with Crippen molar-refractivity contribution in [2.45, 2.75) is 12.4 Å². The fourth-order valence-corrected chi connectivity index (χ4v) is 2.90. The Kier molecular flexibility index (Phi) is 5.48. The highest BCUT2D eigenvalue weighted by Crippen LogP contribution is 2.26. The van der Waals surface area contributed by atoms with Crippen LogP contribution in [0.2, 0.25) is 0 Å². The molecule has 108 valence electrons. The summed E-state index contributed by atoms with van der Waals surface area (Å²) in [7, 11) is 1.84. The predicted octanol–water partition coefficient (Wildman–Crippen LogP) is 3.11. The zero-order chi connectivity index (χ0) is 14.5. The Morgan fingerprint density at radius 1 is 1.45 bits per heavy atom. The van der Waals surface area contributed by atoms with Crippen LogP contribution < -0.4 is 0 Å². The maximum Gasteiger partial charge on any atom is 0.128 e. The van der Waals surface area contributed by atoms with Crippen LogP contribution in [0.1, 0.15) is 11.3 Å². The highest BCUT2D eigenvalue weighted by atomic mass is 35.5. The third-order valence-electron chi connectivity index (χ3n) is 2.91.